The fourth-order valence-corrected chi connectivity index (χ4v) is 2.41. The molecule has 0 fully saturated rings. The molecule has 0 unspecified atom stereocenters. The van der Waals surface area contributed by atoms with Crippen LogP contribution in [0.1, 0.15) is 12.5 Å². The van der Waals surface area contributed by atoms with Crippen LogP contribution in [0.15, 0.2) is 41.5 Å². The van der Waals surface area contributed by atoms with Gasteiger partial charge in [-0.15, -0.1) is 0 Å². The predicted octanol–water partition coefficient (Wildman–Crippen LogP) is 6.14. The van der Waals surface area contributed by atoms with E-state index in [9.17, 15) is 0 Å². The molecule has 0 aromatic heterocycles. The van der Waals surface area contributed by atoms with Gasteiger partial charge in [-0.1, -0.05) is 64.6 Å². The first-order chi connectivity index (χ1) is 9.50. The number of benzene rings is 2. The molecule has 104 valence electrons. The number of hydrogen-bond acceptors (Lipinski definition) is 2. The number of para-hydroxylation sites is 1. The molecular formula is C14H10Cl4N2. The summed E-state index contributed by atoms with van der Waals surface area (Å²) in [6, 6.07) is 10.8. The van der Waals surface area contributed by atoms with Crippen molar-refractivity contribution in [1.82, 2.24) is 0 Å². The van der Waals surface area contributed by atoms with Crippen molar-refractivity contribution in [2.45, 2.75) is 6.92 Å². The van der Waals surface area contributed by atoms with E-state index >= 15 is 0 Å². The molecule has 0 amide bonds. The molecule has 0 atom stereocenters. The molecule has 0 saturated carbocycles. The van der Waals surface area contributed by atoms with Crippen LogP contribution in [0.5, 0.6) is 0 Å². The zero-order chi connectivity index (χ0) is 14.7. The summed E-state index contributed by atoms with van der Waals surface area (Å²) in [5.74, 6) is 0. The third-order valence-electron chi connectivity index (χ3n) is 2.64. The Bertz CT molecular complexity index is 668. The van der Waals surface area contributed by atoms with Crippen LogP contribution in [0.2, 0.25) is 20.1 Å². The van der Waals surface area contributed by atoms with Gasteiger partial charge in [-0.25, -0.2) is 0 Å². The zero-order valence-electron chi connectivity index (χ0n) is 10.4. The number of hydrogen-bond donors (Lipinski definition) is 1. The smallest absolute Gasteiger partial charge is 0.0785 e. The maximum Gasteiger partial charge on any atom is 0.0785 e. The lowest BCUT2D eigenvalue weighted by Gasteiger charge is -2.08. The summed E-state index contributed by atoms with van der Waals surface area (Å²) in [6.07, 6.45) is 0. The molecule has 2 aromatic rings. The summed E-state index contributed by atoms with van der Waals surface area (Å²) in [6.45, 7) is 1.81. The number of hydrazone groups is 1. The van der Waals surface area contributed by atoms with E-state index < -0.39 is 0 Å². The monoisotopic (exact) mass is 346 g/mol. The Labute approximate surface area is 137 Å². The van der Waals surface area contributed by atoms with Crippen molar-refractivity contribution in [2.75, 3.05) is 5.43 Å². The van der Waals surface area contributed by atoms with Gasteiger partial charge in [0.15, 0.2) is 0 Å². The van der Waals surface area contributed by atoms with Gasteiger partial charge in [-0.05, 0) is 25.1 Å². The number of nitrogens with zero attached hydrogens (tertiary/aromatic N) is 1. The van der Waals surface area contributed by atoms with Gasteiger partial charge in [0.1, 0.15) is 0 Å². The highest BCUT2D eigenvalue weighted by molar-refractivity contribution is 6.49. The second kappa shape index (κ2) is 6.68. The Kier molecular flexibility index (Phi) is 5.17. The van der Waals surface area contributed by atoms with Gasteiger partial charge < -0.3 is 0 Å². The molecule has 0 spiro atoms. The molecule has 1 N–H and O–H groups in total. The number of halogens is 4. The van der Waals surface area contributed by atoms with Crippen molar-refractivity contribution in [3.8, 4) is 0 Å². The average Bonchev–Trinajstić information content (AvgIpc) is 2.44. The number of nitrogens with one attached hydrogen (secondary N) is 1. The van der Waals surface area contributed by atoms with Crippen molar-refractivity contribution in [3.05, 3.63) is 62.1 Å². The Morgan fingerprint density at radius 2 is 1.60 bits per heavy atom. The molecule has 0 saturated heterocycles. The van der Waals surface area contributed by atoms with Crippen LogP contribution in [0.3, 0.4) is 0 Å². The number of anilines is 1. The van der Waals surface area contributed by atoms with Gasteiger partial charge >= 0.3 is 0 Å². The maximum absolute atomic E-state index is 6.16. The summed E-state index contributed by atoms with van der Waals surface area (Å²) < 4.78 is 0. The highest BCUT2D eigenvalue weighted by Crippen LogP contribution is 2.33. The Balaban J connectivity index is 2.28. The third kappa shape index (κ3) is 3.39. The van der Waals surface area contributed by atoms with Crippen LogP contribution in [0.4, 0.5) is 5.69 Å². The highest BCUT2D eigenvalue weighted by Gasteiger charge is 2.11. The standard InChI is InChI=1S/C14H10Cl4N2/c1-8(9-6-7-11(16)14(18)13(9)17)19-20-12-5-3-2-4-10(12)15/h2-7,20H,1H3/b19-8-. The molecule has 0 heterocycles. The van der Waals surface area contributed by atoms with Gasteiger partial charge in [0, 0.05) is 5.56 Å². The van der Waals surface area contributed by atoms with Crippen LogP contribution < -0.4 is 5.43 Å². The predicted molar refractivity (Wildman–Crippen MR) is 88.8 cm³/mol. The van der Waals surface area contributed by atoms with E-state index in [1.165, 1.54) is 0 Å². The van der Waals surface area contributed by atoms with Crippen LogP contribution in [-0.2, 0) is 0 Å². The number of rotatable bonds is 3. The normalized spacial score (nSPS) is 11.6. The summed E-state index contributed by atoms with van der Waals surface area (Å²) in [5.41, 5.74) is 4.99. The molecule has 0 aliphatic rings. The van der Waals surface area contributed by atoms with E-state index in [0.717, 1.165) is 0 Å². The third-order valence-corrected chi connectivity index (χ3v) is 4.27. The van der Waals surface area contributed by atoms with Crippen LogP contribution >= 0.6 is 46.4 Å². The first kappa shape index (κ1) is 15.5. The fraction of sp³-hybridized carbons (Fsp3) is 0.0714. The van der Waals surface area contributed by atoms with Gasteiger partial charge in [-0.2, -0.15) is 5.10 Å². The van der Waals surface area contributed by atoms with E-state index in [2.05, 4.69) is 10.5 Å². The average molecular weight is 348 g/mol. The lowest BCUT2D eigenvalue weighted by atomic mass is 10.1. The molecule has 2 nitrogen and oxygen atoms in total. The van der Waals surface area contributed by atoms with Crippen LogP contribution in [-0.4, -0.2) is 5.71 Å². The zero-order valence-corrected chi connectivity index (χ0v) is 13.4. The first-order valence-electron chi connectivity index (χ1n) is 5.69. The molecule has 2 rings (SSSR count). The Morgan fingerprint density at radius 3 is 2.30 bits per heavy atom. The molecule has 2 aromatic carbocycles. The minimum absolute atomic E-state index is 0.318. The van der Waals surface area contributed by atoms with Gasteiger partial charge in [0.2, 0.25) is 0 Å². The van der Waals surface area contributed by atoms with E-state index in [0.29, 0.717) is 37.1 Å². The molecule has 20 heavy (non-hydrogen) atoms. The second-order valence-corrected chi connectivity index (χ2v) is 5.58. The molecule has 0 aliphatic carbocycles. The quantitative estimate of drug-likeness (QED) is 0.402. The molecule has 0 aliphatic heterocycles. The lowest BCUT2D eigenvalue weighted by molar-refractivity contribution is 1.32. The van der Waals surface area contributed by atoms with Crippen molar-refractivity contribution < 1.29 is 0 Å². The topological polar surface area (TPSA) is 24.4 Å². The van der Waals surface area contributed by atoms with Gasteiger partial charge in [0.05, 0.1) is 31.5 Å². The molecule has 6 heteroatoms. The van der Waals surface area contributed by atoms with Crippen molar-refractivity contribution in [2.24, 2.45) is 5.10 Å². The summed E-state index contributed by atoms with van der Waals surface area (Å²) in [7, 11) is 0. The van der Waals surface area contributed by atoms with E-state index in [4.69, 9.17) is 46.4 Å². The van der Waals surface area contributed by atoms with Gasteiger partial charge in [0.25, 0.3) is 0 Å². The largest absolute Gasteiger partial charge is 0.277 e. The Morgan fingerprint density at radius 1 is 0.900 bits per heavy atom. The Hall–Kier alpha value is -0.930. The van der Waals surface area contributed by atoms with Gasteiger partial charge in [-0.3, -0.25) is 5.43 Å². The highest BCUT2D eigenvalue weighted by atomic mass is 35.5. The molecule has 0 radical (unpaired) electrons. The first-order valence-corrected chi connectivity index (χ1v) is 7.20. The van der Waals surface area contributed by atoms with E-state index in [-0.39, 0.29) is 0 Å². The van der Waals surface area contributed by atoms with Crippen molar-refractivity contribution in [3.63, 3.8) is 0 Å². The van der Waals surface area contributed by atoms with Crippen LogP contribution in [0.25, 0.3) is 0 Å². The minimum atomic E-state index is 0.318. The van der Waals surface area contributed by atoms with E-state index in [1.807, 2.05) is 25.1 Å². The fourth-order valence-electron chi connectivity index (χ4n) is 1.56. The molecular weight excluding hydrogens is 338 g/mol. The molecule has 0 bridgehead atoms. The second-order valence-electron chi connectivity index (χ2n) is 4.01. The van der Waals surface area contributed by atoms with Crippen LogP contribution in [0, 0.1) is 0 Å². The van der Waals surface area contributed by atoms with Crippen molar-refractivity contribution in [1.29, 1.82) is 0 Å². The summed E-state index contributed by atoms with van der Waals surface area (Å²) in [5, 5.41) is 5.94. The maximum atomic E-state index is 6.16. The lowest BCUT2D eigenvalue weighted by Crippen LogP contribution is -2.01. The summed E-state index contributed by atoms with van der Waals surface area (Å²) in [4.78, 5) is 0. The minimum Gasteiger partial charge on any atom is -0.277 e. The van der Waals surface area contributed by atoms with E-state index in [1.54, 1.807) is 18.2 Å². The summed E-state index contributed by atoms with van der Waals surface area (Å²) >= 11 is 24.1. The SMILES string of the molecule is C/C(=N/Nc1ccccc1Cl)c1ccc(Cl)c(Cl)c1Cl. The van der Waals surface area contributed by atoms with Crippen molar-refractivity contribution >= 4 is 57.8 Å².